The highest BCUT2D eigenvalue weighted by Crippen LogP contribution is 2.26. The van der Waals surface area contributed by atoms with Crippen LogP contribution in [-0.2, 0) is 10.0 Å². The Morgan fingerprint density at radius 1 is 1.40 bits per heavy atom. The molecule has 0 bridgehead atoms. The van der Waals surface area contributed by atoms with Crippen LogP contribution < -0.4 is 10.0 Å². The maximum atomic E-state index is 12.7. The molecule has 1 saturated heterocycles. The molecule has 1 aromatic heterocycles. The van der Waals surface area contributed by atoms with Crippen molar-refractivity contribution in [3.63, 3.8) is 0 Å². The smallest absolute Gasteiger partial charge is 0.271 e. The second kappa shape index (κ2) is 7.03. The summed E-state index contributed by atoms with van der Waals surface area (Å²) in [6.45, 7) is 3.72. The maximum Gasteiger partial charge on any atom is 0.271 e. The van der Waals surface area contributed by atoms with Gasteiger partial charge >= 0.3 is 0 Å². The Kier molecular flexibility index (Phi) is 4.98. The number of anilines is 1. The lowest BCUT2D eigenvalue weighted by molar-refractivity contribution is 0.0706. The zero-order valence-corrected chi connectivity index (χ0v) is 15.2. The number of amides is 1. The molecule has 1 atom stereocenters. The number of sulfonamides is 1. The van der Waals surface area contributed by atoms with Crippen molar-refractivity contribution in [1.82, 2.24) is 10.2 Å². The van der Waals surface area contributed by atoms with E-state index in [0.29, 0.717) is 19.6 Å². The number of aromatic hydroxyl groups is 1. The van der Waals surface area contributed by atoms with Crippen LogP contribution in [-0.4, -0.2) is 50.0 Å². The Labute approximate surface area is 150 Å². The number of benzene rings is 1. The minimum Gasteiger partial charge on any atom is -0.507 e. The molecule has 0 spiro atoms. The normalized spacial score (nSPS) is 18.1. The van der Waals surface area contributed by atoms with Crippen LogP contribution in [0.1, 0.15) is 17.3 Å². The minimum absolute atomic E-state index is 0.0838. The van der Waals surface area contributed by atoms with Gasteiger partial charge in [0.1, 0.15) is 9.96 Å². The van der Waals surface area contributed by atoms with E-state index in [9.17, 15) is 18.3 Å². The molecule has 3 N–H and O–H groups in total. The highest BCUT2D eigenvalue weighted by molar-refractivity contribution is 7.94. The van der Waals surface area contributed by atoms with Crippen molar-refractivity contribution in [3.05, 3.63) is 41.3 Å². The first-order valence-electron chi connectivity index (χ1n) is 7.79. The monoisotopic (exact) mass is 381 g/mol. The average Bonchev–Trinajstić information content (AvgIpc) is 3.11. The number of nitrogens with one attached hydrogen (secondary N) is 2. The third kappa shape index (κ3) is 3.94. The molecule has 1 amide bonds. The lowest BCUT2D eigenvalue weighted by atomic mass is 10.1. The molecule has 0 aliphatic carbocycles. The van der Waals surface area contributed by atoms with Gasteiger partial charge in [-0.05, 0) is 36.6 Å². The van der Waals surface area contributed by atoms with Crippen LogP contribution >= 0.6 is 11.3 Å². The fourth-order valence-electron chi connectivity index (χ4n) is 2.68. The van der Waals surface area contributed by atoms with Gasteiger partial charge in [-0.1, -0.05) is 6.07 Å². The number of thiophene rings is 1. The van der Waals surface area contributed by atoms with Crippen molar-refractivity contribution >= 4 is 33.0 Å². The number of nitrogens with zero attached hydrogens (tertiary/aromatic N) is 1. The lowest BCUT2D eigenvalue weighted by Gasteiger charge is -2.32. The number of carbonyl (C=O) groups is 1. The van der Waals surface area contributed by atoms with Crippen LogP contribution in [0.2, 0.25) is 0 Å². The van der Waals surface area contributed by atoms with Crippen LogP contribution in [0.3, 0.4) is 0 Å². The molecule has 1 aliphatic heterocycles. The summed E-state index contributed by atoms with van der Waals surface area (Å²) in [6.07, 6.45) is 0. The van der Waals surface area contributed by atoms with Crippen molar-refractivity contribution in [2.45, 2.75) is 17.2 Å². The summed E-state index contributed by atoms with van der Waals surface area (Å²) in [4.78, 5) is 14.3. The Bertz CT molecular complexity index is 866. The fraction of sp³-hybridized carbons (Fsp3) is 0.312. The zero-order chi connectivity index (χ0) is 18.0. The molecule has 1 fully saturated rings. The van der Waals surface area contributed by atoms with Gasteiger partial charge in [0.15, 0.2) is 0 Å². The number of rotatable bonds is 4. The molecule has 2 aromatic rings. The lowest BCUT2D eigenvalue weighted by Crippen LogP contribution is -2.51. The van der Waals surface area contributed by atoms with Crippen LogP contribution in [0.5, 0.6) is 5.75 Å². The van der Waals surface area contributed by atoms with E-state index in [1.807, 2.05) is 6.92 Å². The van der Waals surface area contributed by atoms with Gasteiger partial charge in [0.05, 0.1) is 5.56 Å². The summed E-state index contributed by atoms with van der Waals surface area (Å²) in [7, 11) is -3.71. The van der Waals surface area contributed by atoms with E-state index in [1.54, 1.807) is 16.3 Å². The Balaban J connectivity index is 1.84. The number of piperazine rings is 1. The van der Waals surface area contributed by atoms with Gasteiger partial charge in [0, 0.05) is 31.4 Å². The standard InChI is InChI=1S/C16H19N3O4S2/c1-11-10-19(7-6-17-11)16(21)13-9-12(4-5-14(13)20)18-25(22,23)15-3-2-8-24-15/h2-5,8-9,11,17-18,20H,6-7,10H2,1H3/t11-/m1/s1. The minimum atomic E-state index is -3.71. The molecule has 0 saturated carbocycles. The summed E-state index contributed by atoms with van der Waals surface area (Å²) in [5.74, 6) is -0.488. The van der Waals surface area contributed by atoms with Gasteiger partial charge < -0.3 is 15.3 Å². The number of phenols is 1. The average molecular weight is 381 g/mol. The third-order valence-electron chi connectivity index (χ3n) is 3.90. The number of hydrogen-bond donors (Lipinski definition) is 3. The second-order valence-electron chi connectivity index (χ2n) is 5.88. The summed E-state index contributed by atoms with van der Waals surface area (Å²) in [5.41, 5.74) is 0.318. The van der Waals surface area contributed by atoms with E-state index in [-0.39, 0.29) is 33.2 Å². The molecular formula is C16H19N3O4S2. The van der Waals surface area contributed by atoms with Crippen LogP contribution in [0, 0.1) is 0 Å². The molecule has 134 valence electrons. The fourth-order valence-corrected chi connectivity index (χ4v) is 4.72. The van der Waals surface area contributed by atoms with Crippen LogP contribution in [0.25, 0.3) is 0 Å². The number of carbonyl (C=O) groups excluding carboxylic acids is 1. The number of phenolic OH excluding ortho intramolecular Hbond substituents is 1. The van der Waals surface area contributed by atoms with E-state index in [0.717, 1.165) is 11.3 Å². The van der Waals surface area contributed by atoms with Gasteiger partial charge in [0.25, 0.3) is 15.9 Å². The van der Waals surface area contributed by atoms with Crippen molar-refractivity contribution in [3.8, 4) is 5.75 Å². The van der Waals surface area contributed by atoms with Gasteiger partial charge in [-0.25, -0.2) is 8.42 Å². The predicted molar refractivity (Wildman–Crippen MR) is 96.6 cm³/mol. The molecule has 1 aliphatic rings. The van der Waals surface area contributed by atoms with E-state index >= 15 is 0 Å². The Hall–Kier alpha value is -2.10. The highest BCUT2D eigenvalue weighted by Gasteiger charge is 2.24. The van der Waals surface area contributed by atoms with Gasteiger partial charge in [-0.3, -0.25) is 9.52 Å². The zero-order valence-electron chi connectivity index (χ0n) is 13.6. The van der Waals surface area contributed by atoms with Gasteiger partial charge in [-0.15, -0.1) is 11.3 Å². The van der Waals surface area contributed by atoms with Crippen molar-refractivity contribution in [2.75, 3.05) is 24.4 Å². The molecule has 7 nitrogen and oxygen atoms in total. The van der Waals surface area contributed by atoms with Crippen molar-refractivity contribution < 1.29 is 18.3 Å². The van der Waals surface area contributed by atoms with Crippen LogP contribution in [0.15, 0.2) is 39.9 Å². The SMILES string of the molecule is C[C@@H]1CN(C(=O)c2cc(NS(=O)(=O)c3cccs3)ccc2O)CCN1. The van der Waals surface area contributed by atoms with Crippen LogP contribution in [0.4, 0.5) is 5.69 Å². The number of hydrogen-bond acceptors (Lipinski definition) is 6. The highest BCUT2D eigenvalue weighted by atomic mass is 32.2. The Morgan fingerprint density at radius 2 is 2.20 bits per heavy atom. The molecule has 9 heteroatoms. The van der Waals surface area contributed by atoms with Crippen molar-refractivity contribution in [2.24, 2.45) is 0 Å². The molecule has 2 heterocycles. The van der Waals surface area contributed by atoms with E-state index in [2.05, 4.69) is 10.0 Å². The molecule has 0 unspecified atom stereocenters. The first-order valence-corrected chi connectivity index (χ1v) is 10.1. The quantitative estimate of drug-likeness (QED) is 0.700. The molecule has 3 rings (SSSR count). The Morgan fingerprint density at radius 3 is 2.88 bits per heavy atom. The van der Waals surface area contributed by atoms with Crippen molar-refractivity contribution in [1.29, 1.82) is 0 Å². The van der Waals surface area contributed by atoms with E-state index in [4.69, 9.17) is 0 Å². The molecule has 25 heavy (non-hydrogen) atoms. The summed E-state index contributed by atoms with van der Waals surface area (Å²) < 4.78 is 27.2. The third-order valence-corrected chi connectivity index (χ3v) is 6.67. The molecule has 1 aromatic carbocycles. The summed E-state index contributed by atoms with van der Waals surface area (Å²) in [6, 6.07) is 7.44. The summed E-state index contributed by atoms with van der Waals surface area (Å²) in [5, 5.41) is 15.0. The van der Waals surface area contributed by atoms with Gasteiger partial charge in [0.2, 0.25) is 0 Å². The molecule has 0 radical (unpaired) electrons. The van der Waals surface area contributed by atoms with E-state index < -0.39 is 10.0 Å². The second-order valence-corrected chi connectivity index (χ2v) is 8.73. The van der Waals surface area contributed by atoms with E-state index in [1.165, 1.54) is 24.3 Å². The summed E-state index contributed by atoms with van der Waals surface area (Å²) >= 11 is 1.10. The predicted octanol–water partition coefficient (Wildman–Crippen LogP) is 1.69. The molecular weight excluding hydrogens is 362 g/mol. The first-order chi connectivity index (χ1) is 11.9. The maximum absolute atomic E-state index is 12.7. The van der Waals surface area contributed by atoms with Gasteiger partial charge in [-0.2, -0.15) is 0 Å². The first kappa shape index (κ1) is 17.7. The largest absolute Gasteiger partial charge is 0.507 e. The topological polar surface area (TPSA) is 98.7 Å².